The van der Waals surface area contributed by atoms with Gasteiger partial charge < -0.3 is 15.4 Å². The second kappa shape index (κ2) is 10.7. The van der Waals surface area contributed by atoms with Crippen molar-refractivity contribution < 1.29 is 19.2 Å². The molecule has 3 rings (SSSR count). The molecular weight excluding hydrogens is 454 g/mol. The zero-order valence-electron chi connectivity index (χ0n) is 16.8. The number of nitrogens with zero attached hydrogens (tertiary/aromatic N) is 1. The van der Waals surface area contributed by atoms with Crippen molar-refractivity contribution in [3.05, 3.63) is 87.4 Å². The number of amides is 2. The number of nitro benzene ring substituents is 1. The van der Waals surface area contributed by atoms with Crippen molar-refractivity contribution in [1.29, 1.82) is 0 Å². The summed E-state index contributed by atoms with van der Waals surface area (Å²) in [4.78, 5) is 35.7. The Bertz CT molecular complexity index is 1150. The smallest absolute Gasteiger partial charge is 0.270 e. The van der Waals surface area contributed by atoms with Crippen LogP contribution in [0.15, 0.2) is 71.6 Å². The van der Waals surface area contributed by atoms with E-state index < -0.39 is 10.8 Å². The van der Waals surface area contributed by atoms with Crippen molar-refractivity contribution >= 4 is 52.2 Å². The van der Waals surface area contributed by atoms with Crippen LogP contribution in [0, 0.1) is 10.1 Å². The predicted octanol–water partition coefficient (Wildman–Crippen LogP) is 5.24. The fourth-order valence-corrected chi connectivity index (χ4v) is 3.58. The maximum Gasteiger partial charge on any atom is 0.270 e. The number of halogens is 1. The van der Waals surface area contributed by atoms with Gasteiger partial charge in [-0.2, -0.15) is 0 Å². The number of ether oxygens (including phenoxy) is 1. The second-order valence-electron chi connectivity index (χ2n) is 6.47. The number of nitro groups is 1. The van der Waals surface area contributed by atoms with E-state index in [1.165, 1.54) is 43.1 Å². The summed E-state index contributed by atoms with van der Waals surface area (Å²) in [7, 11) is 1.51. The quantitative estimate of drug-likeness (QED) is 0.264. The average Bonchev–Trinajstić information content (AvgIpc) is 2.79. The maximum absolute atomic E-state index is 12.3. The number of carbonyl (C=O) groups excluding carboxylic acids is 2. The molecule has 0 aromatic heterocycles. The summed E-state index contributed by atoms with van der Waals surface area (Å²) in [5.41, 5.74) is 1.05. The highest BCUT2D eigenvalue weighted by atomic mass is 35.5. The van der Waals surface area contributed by atoms with Gasteiger partial charge in [0.05, 0.1) is 23.5 Å². The van der Waals surface area contributed by atoms with Crippen LogP contribution in [0.3, 0.4) is 0 Å². The molecule has 164 valence electrons. The first-order valence-corrected chi connectivity index (χ1v) is 10.6. The number of rotatable bonds is 8. The van der Waals surface area contributed by atoms with Gasteiger partial charge in [0.25, 0.3) is 11.6 Å². The van der Waals surface area contributed by atoms with Gasteiger partial charge in [-0.25, -0.2) is 0 Å². The predicted molar refractivity (Wildman–Crippen MR) is 125 cm³/mol. The third-order valence-electron chi connectivity index (χ3n) is 4.24. The number of hydrogen-bond donors (Lipinski definition) is 2. The fourth-order valence-electron chi connectivity index (χ4n) is 2.71. The maximum atomic E-state index is 12.3. The summed E-state index contributed by atoms with van der Waals surface area (Å²) in [6.07, 6.45) is 0. The topological polar surface area (TPSA) is 111 Å². The van der Waals surface area contributed by atoms with Crippen LogP contribution in [0.1, 0.15) is 10.4 Å². The first kappa shape index (κ1) is 23.1. The first-order valence-electron chi connectivity index (χ1n) is 9.28. The summed E-state index contributed by atoms with van der Waals surface area (Å²) in [5.74, 6) is -0.00568. The van der Waals surface area contributed by atoms with Gasteiger partial charge in [0.15, 0.2) is 0 Å². The Hall–Kier alpha value is -3.56. The highest BCUT2D eigenvalue weighted by Gasteiger charge is 2.12. The van der Waals surface area contributed by atoms with Gasteiger partial charge in [0.2, 0.25) is 5.91 Å². The van der Waals surface area contributed by atoms with Gasteiger partial charge in [0, 0.05) is 33.3 Å². The number of benzene rings is 3. The lowest BCUT2D eigenvalue weighted by Gasteiger charge is -2.10. The van der Waals surface area contributed by atoms with Gasteiger partial charge in [0.1, 0.15) is 5.75 Å². The van der Waals surface area contributed by atoms with Crippen molar-refractivity contribution in [2.75, 3.05) is 23.5 Å². The third-order valence-corrected chi connectivity index (χ3v) is 5.48. The Kier molecular flexibility index (Phi) is 7.69. The van der Waals surface area contributed by atoms with Crippen molar-refractivity contribution in [1.82, 2.24) is 0 Å². The fraction of sp³-hybridized carbons (Fsp3) is 0.0909. The van der Waals surface area contributed by atoms with Gasteiger partial charge in [-0.15, -0.1) is 11.8 Å². The largest absolute Gasteiger partial charge is 0.495 e. The second-order valence-corrected chi connectivity index (χ2v) is 7.95. The highest BCUT2D eigenvalue weighted by molar-refractivity contribution is 8.00. The minimum atomic E-state index is -0.554. The molecule has 8 nitrogen and oxygen atoms in total. The molecule has 0 aliphatic carbocycles. The van der Waals surface area contributed by atoms with Gasteiger partial charge in [-0.3, -0.25) is 19.7 Å². The molecule has 0 radical (unpaired) electrons. The van der Waals surface area contributed by atoms with E-state index >= 15 is 0 Å². The lowest BCUT2D eigenvalue weighted by molar-refractivity contribution is -0.384. The molecule has 32 heavy (non-hydrogen) atoms. The van der Waals surface area contributed by atoms with E-state index in [0.29, 0.717) is 22.1 Å². The third kappa shape index (κ3) is 6.22. The standard InChI is InChI=1S/C22H18ClN3O5S/c1-31-20-10-5-15(23)12-19(20)25-21(27)13-32-18-8-6-16(7-9-18)24-22(28)14-3-2-4-17(11-14)26(29)30/h2-12H,13H2,1H3,(H,24,28)(H,25,27). The molecule has 0 unspecified atom stereocenters. The van der Waals surface area contributed by atoms with Crippen LogP contribution in [0.2, 0.25) is 5.02 Å². The molecule has 0 heterocycles. The van der Waals surface area contributed by atoms with Gasteiger partial charge >= 0.3 is 0 Å². The molecule has 0 saturated heterocycles. The lowest BCUT2D eigenvalue weighted by Crippen LogP contribution is -2.14. The normalized spacial score (nSPS) is 10.3. The van der Waals surface area contributed by atoms with Crippen LogP contribution in [0.4, 0.5) is 17.1 Å². The molecule has 0 spiro atoms. The van der Waals surface area contributed by atoms with Crippen LogP contribution in [-0.4, -0.2) is 29.6 Å². The number of nitrogens with one attached hydrogen (secondary N) is 2. The number of methoxy groups -OCH3 is 1. The van der Waals surface area contributed by atoms with E-state index in [-0.39, 0.29) is 22.9 Å². The van der Waals surface area contributed by atoms with Crippen LogP contribution >= 0.6 is 23.4 Å². The van der Waals surface area contributed by atoms with Crippen molar-refractivity contribution in [3.63, 3.8) is 0 Å². The highest BCUT2D eigenvalue weighted by Crippen LogP contribution is 2.28. The Labute approximate surface area is 193 Å². The van der Waals surface area contributed by atoms with Crippen LogP contribution in [0.5, 0.6) is 5.75 Å². The van der Waals surface area contributed by atoms with E-state index in [1.807, 2.05) is 0 Å². The Morgan fingerprint density at radius 1 is 1.06 bits per heavy atom. The summed E-state index contributed by atoms with van der Waals surface area (Å²) >= 11 is 7.29. The number of hydrogen-bond acceptors (Lipinski definition) is 6. The van der Waals surface area contributed by atoms with Crippen LogP contribution in [0.25, 0.3) is 0 Å². The van der Waals surface area contributed by atoms with E-state index in [4.69, 9.17) is 16.3 Å². The number of anilines is 2. The molecule has 0 atom stereocenters. The molecule has 3 aromatic rings. The minimum absolute atomic E-state index is 0.155. The van der Waals surface area contributed by atoms with Gasteiger partial charge in [-0.1, -0.05) is 17.7 Å². The molecule has 0 fully saturated rings. The summed E-state index contributed by atoms with van der Waals surface area (Å²) in [6.45, 7) is 0. The number of carbonyl (C=O) groups is 2. The molecule has 0 aliphatic rings. The van der Waals surface area contributed by atoms with E-state index in [1.54, 1.807) is 42.5 Å². The Morgan fingerprint density at radius 2 is 1.81 bits per heavy atom. The monoisotopic (exact) mass is 471 g/mol. The molecule has 2 amide bonds. The van der Waals surface area contributed by atoms with Crippen molar-refractivity contribution in [2.45, 2.75) is 4.90 Å². The van der Waals surface area contributed by atoms with Gasteiger partial charge in [-0.05, 0) is 48.5 Å². The zero-order chi connectivity index (χ0) is 23.1. The van der Waals surface area contributed by atoms with E-state index in [0.717, 1.165) is 4.90 Å². The number of thioether (sulfide) groups is 1. The summed E-state index contributed by atoms with van der Waals surface area (Å²) < 4.78 is 5.21. The molecular formula is C22H18ClN3O5S. The molecule has 0 saturated carbocycles. The average molecular weight is 472 g/mol. The van der Waals surface area contributed by atoms with E-state index in [9.17, 15) is 19.7 Å². The summed E-state index contributed by atoms with van der Waals surface area (Å²) in [5, 5.41) is 16.8. The molecule has 10 heteroatoms. The Morgan fingerprint density at radius 3 is 2.50 bits per heavy atom. The first-order chi connectivity index (χ1) is 15.4. The van der Waals surface area contributed by atoms with Crippen LogP contribution < -0.4 is 15.4 Å². The minimum Gasteiger partial charge on any atom is -0.495 e. The molecule has 3 aromatic carbocycles. The molecule has 0 bridgehead atoms. The Balaban J connectivity index is 1.55. The van der Waals surface area contributed by atoms with Crippen molar-refractivity contribution in [3.8, 4) is 5.75 Å². The summed E-state index contributed by atoms with van der Waals surface area (Å²) in [6, 6.07) is 17.4. The molecule has 0 aliphatic heterocycles. The SMILES string of the molecule is COc1ccc(Cl)cc1NC(=O)CSc1ccc(NC(=O)c2cccc([N+](=O)[O-])c2)cc1. The van der Waals surface area contributed by atoms with E-state index in [2.05, 4.69) is 10.6 Å². The van der Waals surface area contributed by atoms with Crippen molar-refractivity contribution in [2.24, 2.45) is 0 Å². The molecule has 2 N–H and O–H groups in total. The number of non-ortho nitro benzene ring substituents is 1. The lowest BCUT2D eigenvalue weighted by atomic mass is 10.2. The zero-order valence-corrected chi connectivity index (χ0v) is 18.4. The van der Waals surface area contributed by atoms with Crippen LogP contribution in [-0.2, 0) is 4.79 Å².